The van der Waals surface area contributed by atoms with Crippen molar-refractivity contribution in [3.8, 4) is 0 Å². The van der Waals surface area contributed by atoms with Gasteiger partial charge in [-0.3, -0.25) is 0 Å². The van der Waals surface area contributed by atoms with Crippen molar-refractivity contribution in [2.45, 2.75) is 25.2 Å². The third-order valence-electron chi connectivity index (χ3n) is 2.10. The van der Waals surface area contributed by atoms with Gasteiger partial charge in [0.15, 0.2) is 0 Å². The fourth-order valence-electron chi connectivity index (χ4n) is 1.18. The van der Waals surface area contributed by atoms with Crippen LogP contribution in [0.4, 0.5) is 3.89 Å². The van der Waals surface area contributed by atoms with Crippen LogP contribution in [-0.4, -0.2) is 19.2 Å². The lowest BCUT2D eigenvalue weighted by Gasteiger charge is -1.91. The summed E-state index contributed by atoms with van der Waals surface area (Å²) in [6.07, 6.45) is 2.53. The van der Waals surface area contributed by atoms with E-state index >= 15 is 0 Å². The lowest BCUT2D eigenvalue weighted by Crippen LogP contribution is -2.02. The molecule has 0 atom stereocenters. The monoisotopic (exact) mass is 235 g/mol. The summed E-state index contributed by atoms with van der Waals surface area (Å²) in [5.41, 5.74) is 0.693. The summed E-state index contributed by atoms with van der Waals surface area (Å²) in [5.74, 6) is 0.122. The summed E-state index contributed by atoms with van der Waals surface area (Å²) in [7, 11) is -4.35. The summed E-state index contributed by atoms with van der Waals surface area (Å²) in [5, 5.41) is 2.88. The second-order valence-corrected chi connectivity index (χ2v) is 5.82. The molecule has 1 aromatic heterocycles. The minimum Gasteiger partial charge on any atom is -0.246 e. The van der Waals surface area contributed by atoms with Crippen molar-refractivity contribution in [1.82, 2.24) is 4.98 Å². The van der Waals surface area contributed by atoms with Gasteiger partial charge in [-0.15, -0.1) is 15.2 Å². The Bertz CT molecular complexity index is 422. The number of aromatic nitrogens is 1. The van der Waals surface area contributed by atoms with Crippen molar-refractivity contribution in [3.63, 3.8) is 0 Å². The quantitative estimate of drug-likeness (QED) is 0.748. The highest BCUT2D eigenvalue weighted by Crippen LogP contribution is 2.41. The fourth-order valence-corrected chi connectivity index (χ4v) is 2.66. The minimum absolute atomic E-state index is 0.183. The van der Waals surface area contributed by atoms with E-state index in [9.17, 15) is 12.3 Å². The molecule has 1 fully saturated rings. The maximum absolute atomic E-state index is 12.2. The first kappa shape index (κ1) is 10.0. The number of hydrogen-bond acceptors (Lipinski definition) is 4. The van der Waals surface area contributed by atoms with Gasteiger partial charge >= 0.3 is 10.2 Å². The average Bonchev–Trinajstić information content (AvgIpc) is 2.81. The van der Waals surface area contributed by atoms with E-state index in [1.807, 2.05) is 5.38 Å². The summed E-state index contributed by atoms with van der Waals surface area (Å²) >= 11 is 1.54. The molecular weight excluding hydrogens is 225 g/mol. The van der Waals surface area contributed by atoms with E-state index in [2.05, 4.69) is 4.98 Å². The number of aryl methyl sites for hydroxylation is 1. The molecule has 6 heteroatoms. The summed E-state index contributed by atoms with van der Waals surface area (Å²) in [6.45, 7) is 0. The van der Waals surface area contributed by atoms with E-state index in [1.165, 1.54) is 12.8 Å². The third kappa shape index (κ3) is 2.75. The average molecular weight is 235 g/mol. The zero-order valence-corrected chi connectivity index (χ0v) is 9.07. The van der Waals surface area contributed by atoms with Crippen LogP contribution >= 0.6 is 11.3 Å². The Morgan fingerprint density at radius 3 is 2.86 bits per heavy atom. The molecule has 0 aliphatic heterocycles. The SMILES string of the molecule is O=S(=O)(F)CCc1csc(C2CC2)n1. The zero-order chi connectivity index (χ0) is 10.2. The fraction of sp³-hybridized carbons (Fsp3) is 0.625. The second-order valence-electron chi connectivity index (χ2n) is 3.44. The smallest absolute Gasteiger partial charge is 0.246 e. The van der Waals surface area contributed by atoms with Crippen molar-refractivity contribution in [3.05, 3.63) is 16.1 Å². The van der Waals surface area contributed by atoms with Gasteiger partial charge in [0, 0.05) is 17.7 Å². The highest BCUT2D eigenvalue weighted by atomic mass is 32.3. The number of thiazole rings is 1. The summed E-state index contributed by atoms with van der Waals surface area (Å²) < 4.78 is 32.7. The zero-order valence-electron chi connectivity index (χ0n) is 7.44. The van der Waals surface area contributed by atoms with Crippen LogP contribution in [0.15, 0.2) is 5.38 Å². The van der Waals surface area contributed by atoms with Crippen LogP contribution in [0.2, 0.25) is 0 Å². The summed E-state index contributed by atoms with van der Waals surface area (Å²) in [6, 6.07) is 0. The van der Waals surface area contributed by atoms with Gasteiger partial charge in [-0.2, -0.15) is 8.42 Å². The van der Waals surface area contributed by atoms with Crippen molar-refractivity contribution in [1.29, 1.82) is 0 Å². The lowest BCUT2D eigenvalue weighted by atomic mass is 10.4. The molecule has 0 N–H and O–H groups in total. The molecule has 78 valence electrons. The standard InChI is InChI=1S/C8H10FNO2S2/c9-14(11,12)4-3-7-5-13-8(10-7)6-1-2-6/h5-6H,1-4H2. The van der Waals surface area contributed by atoms with Crippen LogP contribution in [-0.2, 0) is 16.6 Å². The van der Waals surface area contributed by atoms with Crippen LogP contribution in [0.5, 0.6) is 0 Å². The molecule has 2 rings (SSSR count). The molecule has 0 amide bonds. The first-order valence-electron chi connectivity index (χ1n) is 4.41. The molecule has 1 aliphatic rings. The van der Waals surface area contributed by atoms with Crippen LogP contribution in [0.1, 0.15) is 29.5 Å². The Morgan fingerprint density at radius 1 is 1.57 bits per heavy atom. The lowest BCUT2D eigenvalue weighted by molar-refractivity contribution is 0.551. The van der Waals surface area contributed by atoms with Crippen molar-refractivity contribution >= 4 is 21.6 Å². The minimum atomic E-state index is -4.35. The molecule has 1 heterocycles. The number of halogens is 1. The highest BCUT2D eigenvalue weighted by Gasteiger charge is 2.26. The van der Waals surface area contributed by atoms with Gasteiger partial charge in [-0.25, -0.2) is 4.98 Å². The molecule has 0 saturated heterocycles. The van der Waals surface area contributed by atoms with E-state index < -0.39 is 16.0 Å². The molecule has 0 bridgehead atoms. The predicted molar refractivity (Wildman–Crippen MR) is 52.7 cm³/mol. The molecule has 3 nitrogen and oxygen atoms in total. The van der Waals surface area contributed by atoms with Crippen molar-refractivity contribution < 1.29 is 12.3 Å². The molecule has 0 radical (unpaired) electrons. The van der Waals surface area contributed by atoms with Crippen molar-refractivity contribution in [2.75, 3.05) is 5.75 Å². The Kier molecular flexibility index (Phi) is 2.57. The Labute approximate surface area is 86.2 Å². The highest BCUT2D eigenvalue weighted by molar-refractivity contribution is 7.86. The van der Waals surface area contributed by atoms with Gasteiger partial charge in [0.1, 0.15) is 0 Å². The number of rotatable bonds is 4. The van der Waals surface area contributed by atoms with Crippen LogP contribution in [0.3, 0.4) is 0 Å². The summed E-state index contributed by atoms with van der Waals surface area (Å²) in [4.78, 5) is 4.26. The van der Waals surface area contributed by atoms with Crippen LogP contribution in [0.25, 0.3) is 0 Å². The van der Waals surface area contributed by atoms with Crippen LogP contribution < -0.4 is 0 Å². The molecule has 14 heavy (non-hydrogen) atoms. The van der Waals surface area contributed by atoms with E-state index in [-0.39, 0.29) is 6.42 Å². The molecule has 1 saturated carbocycles. The molecular formula is C8H10FNO2S2. The van der Waals surface area contributed by atoms with E-state index in [1.54, 1.807) is 11.3 Å². The Balaban J connectivity index is 1.96. The number of nitrogens with zero attached hydrogens (tertiary/aromatic N) is 1. The molecule has 0 unspecified atom stereocenters. The van der Waals surface area contributed by atoms with E-state index in [4.69, 9.17) is 0 Å². The maximum Gasteiger partial charge on any atom is 0.302 e. The second kappa shape index (κ2) is 3.58. The third-order valence-corrected chi connectivity index (χ3v) is 3.85. The number of hydrogen-bond donors (Lipinski definition) is 0. The van der Waals surface area contributed by atoms with Crippen LogP contribution in [0, 0.1) is 0 Å². The van der Waals surface area contributed by atoms with E-state index in [0.717, 1.165) is 5.01 Å². The van der Waals surface area contributed by atoms with Gasteiger partial charge in [0.2, 0.25) is 0 Å². The molecule has 1 aromatic rings. The Hall–Kier alpha value is -0.490. The van der Waals surface area contributed by atoms with E-state index in [0.29, 0.717) is 11.6 Å². The Morgan fingerprint density at radius 2 is 2.29 bits per heavy atom. The van der Waals surface area contributed by atoms with Gasteiger partial charge in [0.05, 0.1) is 16.5 Å². The predicted octanol–water partition coefficient (Wildman–Crippen LogP) is 1.86. The van der Waals surface area contributed by atoms with Gasteiger partial charge in [-0.1, -0.05) is 0 Å². The molecule has 0 spiro atoms. The normalized spacial score (nSPS) is 17.2. The van der Waals surface area contributed by atoms with Gasteiger partial charge < -0.3 is 0 Å². The maximum atomic E-state index is 12.2. The first-order chi connectivity index (χ1) is 6.54. The molecule has 1 aliphatic carbocycles. The molecule has 0 aromatic carbocycles. The van der Waals surface area contributed by atoms with Gasteiger partial charge in [0.25, 0.3) is 0 Å². The topological polar surface area (TPSA) is 47.0 Å². The van der Waals surface area contributed by atoms with Gasteiger partial charge in [-0.05, 0) is 12.8 Å². The van der Waals surface area contributed by atoms with Crippen molar-refractivity contribution in [2.24, 2.45) is 0 Å². The first-order valence-corrected chi connectivity index (χ1v) is 6.84. The largest absolute Gasteiger partial charge is 0.302 e.